The summed E-state index contributed by atoms with van der Waals surface area (Å²) in [5.41, 5.74) is 4.53. The van der Waals surface area contributed by atoms with Crippen molar-refractivity contribution in [3.63, 3.8) is 0 Å². The van der Waals surface area contributed by atoms with Gasteiger partial charge in [0.25, 0.3) is 5.91 Å². The van der Waals surface area contributed by atoms with Gasteiger partial charge >= 0.3 is 6.03 Å². The molecule has 1 saturated heterocycles. The average Bonchev–Trinajstić information content (AvgIpc) is 3.33. The van der Waals surface area contributed by atoms with Gasteiger partial charge in [0, 0.05) is 28.4 Å². The molecular formula is C28H24N4O3. The molecule has 0 unspecified atom stereocenters. The molecule has 7 heteroatoms. The highest BCUT2D eigenvalue weighted by atomic mass is 16.2. The van der Waals surface area contributed by atoms with E-state index in [9.17, 15) is 14.4 Å². The van der Waals surface area contributed by atoms with Gasteiger partial charge in [-0.15, -0.1) is 0 Å². The Kier molecular flexibility index (Phi) is 5.89. The van der Waals surface area contributed by atoms with Crippen molar-refractivity contribution >= 4 is 40.5 Å². The van der Waals surface area contributed by atoms with Gasteiger partial charge in [-0.05, 0) is 36.8 Å². The molecular weight excluding hydrogens is 440 g/mol. The van der Waals surface area contributed by atoms with Crippen molar-refractivity contribution in [1.82, 2.24) is 14.8 Å². The van der Waals surface area contributed by atoms with Crippen LogP contribution in [0.3, 0.4) is 0 Å². The minimum atomic E-state index is -0.452. The number of aromatic nitrogens is 1. The van der Waals surface area contributed by atoms with Gasteiger partial charge in [-0.2, -0.15) is 0 Å². The standard InChI is InChI=1S/C28H24N4O3/c1-19-11-13-22(14-12-19)29-26(33)18-31-17-21(23-9-5-6-10-25(23)31)15-24-27(34)32(28(35)30-24)16-20-7-3-2-4-8-20/h2-15,17H,16,18H2,1H3,(H,29,33)(H,30,35)/b24-15+. The topological polar surface area (TPSA) is 83.4 Å². The lowest BCUT2D eigenvalue weighted by Gasteiger charge is -2.11. The summed E-state index contributed by atoms with van der Waals surface area (Å²) >= 11 is 0. The van der Waals surface area contributed by atoms with Gasteiger partial charge in [0.05, 0.1) is 6.54 Å². The summed E-state index contributed by atoms with van der Waals surface area (Å²) in [4.78, 5) is 39.4. The second-order valence-corrected chi connectivity index (χ2v) is 8.51. The summed E-state index contributed by atoms with van der Waals surface area (Å²) in [6, 6.07) is 24.2. The third kappa shape index (κ3) is 4.70. The molecule has 1 aliphatic rings. The maximum Gasteiger partial charge on any atom is 0.329 e. The Balaban J connectivity index is 1.39. The molecule has 3 aromatic carbocycles. The second kappa shape index (κ2) is 9.30. The second-order valence-electron chi connectivity index (χ2n) is 8.51. The van der Waals surface area contributed by atoms with Crippen LogP contribution in [0, 0.1) is 6.92 Å². The highest BCUT2D eigenvalue weighted by molar-refractivity contribution is 6.14. The smallest absolute Gasteiger partial charge is 0.329 e. The first-order chi connectivity index (χ1) is 17.0. The van der Waals surface area contributed by atoms with Gasteiger partial charge in [-0.25, -0.2) is 4.79 Å². The highest BCUT2D eigenvalue weighted by Crippen LogP contribution is 2.25. The van der Waals surface area contributed by atoms with E-state index in [1.807, 2.05) is 96.6 Å². The lowest BCUT2D eigenvalue weighted by atomic mass is 10.1. The molecule has 5 rings (SSSR count). The van der Waals surface area contributed by atoms with E-state index in [0.717, 1.165) is 33.3 Å². The van der Waals surface area contributed by atoms with E-state index in [1.54, 1.807) is 6.08 Å². The Morgan fingerprint density at radius 1 is 0.943 bits per heavy atom. The number of aryl methyl sites for hydroxylation is 1. The Morgan fingerprint density at radius 2 is 1.66 bits per heavy atom. The Labute approximate surface area is 202 Å². The van der Waals surface area contributed by atoms with Crippen LogP contribution in [0.4, 0.5) is 10.5 Å². The predicted octanol–water partition coefficient (Wildman–Crippen LogP) is 4.68. The van der Waals surface area contributed by atoms with Crippen molar-refractivity contribution in [3.05, 3.63) is 107 Å². The van der Waals surface area contributed by atoms with Crippen molar-refractivity contribution in [2.24, 2.45) is 0 Å². The van der Waals surface area contributed by atoms with Crippen LogP contribution in [-0.2, 0) is 22.7 Å². The highest BCUT2D eigenvalue weighted by Gasteiger charge is 2.33. The summed E-state index contributed by atoms with van der Waals surface area (Å²) in [6.45, 7) is 2.30. The number of anilines is 1. The first-order valence-corrected chi connectivity index (χ1v) is 11.3. The van der Waals surface area contributed by atoms with Crippen LogP contribution in [0.2, 0.25) is 0 Å². The van der Waals surface area contributed by atoms with E-state index < -0.39 is 6.03 Å². The quantitative estimate of drug-likeness (QED) is 0.321. The number of hydrogen-bond acceptors (Lipinski definition) is 3. The van der Waals surface area contributed by atoms with E-state index in [4.69, 9.17) is 0 Å². The van der Waals surface area contributed by atoms with Crippen molar-refractivity contribution in [3.8, 4) is 0 Å². The normalized spacial score (nSPS) is 14.5. The molecule has 0 radical (unpaired) electrons. The van der Waals surface area contributed by atoms with E-state index in [2.05, 4.69) is 10.6 Å². The number of fused-ring (bicyclic) bond motifs is 1. The third-order valence-corrected chi connectivity index (χ3v) is 5.91. The molecule has 35 heavy (non-hydrogen) atoms. The predicted molar refractivity (Wildman–Crippen MR) is 135 cm³/mol. The van der Waals surface area contributed by atoms with Crippen LogP contribution in [-0.4, -0.2) is 27.3 Å². The number of benzene rings is 3. The first-order valence-electron chi connectivity index (χ1n) is 11.3. The number of amides is 4. The molecule has 1 fully saturated rings. The van der Waals surface area contributed by atoms with Gasteiger partial charge in [0.1, 0.15) is 12.2 Å². The lowest BCUT2D eigenvalue weighted by molar-refractivity contribution is -0.123. The van der Waals surface area contributed by atoms with Gasteiger partial charge in [-0.1, -0.05) is 66.2 Å². The first kappa shape index (κ1) is 22.2. The van der Waals surface area contributed by atoms with Crippen LogP contribution in [0.15, 0.2) is 90.8 Å². The van der Waals surface area contributed by atoms with Crippen molar-refractivity contribution in [1.29, 1.82) is 0 Å². The van der Waals surface area contributed by atoms with Gasteiger partial charge < -0.3 is 15.2 Å². The maximum atomic E-state index is 13.0. The molecule has 0 bridgehead atoms. The molecule has 0 saturated carbocycles. The zero-order valence-corrected chi connectivity index (χ0v) is 19.2. The van der Waals surface area contributed by atoms with Gasteiger partial charge in [0.2, 0.25) is 5.91 Å². The zero-order chi connectivity index (χ0) is 24.4. The molecule has 2 heterocycles. The number of urea groups is 1. The summed E-state index contributed by atoms with van der Waals surface area (Å²) in [6.07, 6.45) is 3.49. The Morgan fingerprint density at radius 3 is 2.43 bits per heavy atom. The summed E-state index contributed by atoms with van der Waals surface area (Å²) < 4.78 is 1.84. The van der Waals surface area contributed by atoms with Gasteiger partial charge in [-0.3, -0.25) is 14.5 Å². The average molecular weight is 465 g/mol. The number of carbonyl (C=O) groups excluding carboxylic acids is 3. The molecule has 4 aromatic rings. The van der Waals surface area contributed by atoms with Crippen molar-refractivity contribution < 1.29 is 14.4 Å². The third-order valence-electron chi connectivity index (χ3n) is 5.91. The van der Waals surface area contributed by atoms with E-state index in [1.165, 1.54) is 4.90 Å². The fraction of sp³-hybridized carbons (Fsp3) is 0.107. The summed E-state index contributed by atoms with van der Waals surface area (Å²) in [5, 5.41) is 6.48. The largest absolute Gasteiger partial charge is 0.337 e. The molecule has 1 aromatic heterocycles. The molecule has 0 spiro atoms. The minimum Gasteiger partial charge on any atom is -0.337 e. The van der Waals surface area contributed by atoms with E-state index >= 15 is 0 Å². The van der Waals surface area contributed by atoms with Gasteiger partial charge in [0.15, 0.2) is 0 Å². The number of rotatable bonds is 6. The SMILES string of the molecule is Cc1ccc(NC(=O)Cn2cc(/C=C3/NC(=O)N(Cc4ccccc4)C3=O)c3ccccc32)cc1. The maximum absolute atomic E-state index is 13.0. The fourth-order valence-corrected chi connectivity index (χ4v) is 4.15. The zero-order valence-electron chi connectivity index (χ0n) is 19.2. The number of nitrogens with zero attached hydrogens (tertiary/aromatic N) is 2. The van der Waals surface area contributed by atoms with Crippen molar-refractivity contribution in [2.45, 2.75) is 20.0 Å². The molecule has 0 atom stereocenters. The van der Waals surface area contributed by atoms with Crippen LogP contribution >= 0.6 is 0 Å². The monoisotopic (exact) mass is 464 g/mol. The van der Waals surface area contributed by atoms with E-state index in [-0.39, 0.29) is 30.6 Å². The molecule has 1 aliphatic heterocycles. The Bertz CT molecular complexity index is 1450. The number of carbonyl (C=O) groups is 3. The summed E-state index contributed by atoms with van der Waals surface area (Å²) in [5.74, 6) is -0.541. The fourth-order valence-electron chi connectivity index (χ4n) is 4.15. The molecule has 7 nitrogen and oxygen atoms in total. The number of hydrogen-bond donors (Lipinski definition) is 2. The lowest BCUT2D eigenvalue weighted by Crippen LogP contribution is -2.30. The number of imide groups is 1. The Hall–Kier alpha value is -4.65. The van der Waals surface area contributed by atoms with Crippen molar-refractivity contribution in [2.75, 3.05) is 5.32 Å². The molecule has 174 valence electrons. The molecule has 2 N–H and O–H groups in total. The minimum absolute atomic E-state index is 0.109. The van der Waals surface area contributed by atoms with Crippen LogP contribution in [0.1, 0.15) is 16.7 Å². The molecule has 0 aliphatic carbocycles. The summed E-state index contributed by atoms with van der Waals surface area (Å²) in [7, 11) is 0. The number of nitrogens with one attached hydrogen (secondary N) is 2. The molecule has 4 amide bonds. The van der Waals surface area contributed by atoms with Crippen LogP contribution < -0.4 is 10.6 Å². The van der Waals surface area contributed by atoms with Crippen LogP contribution in [0.25, 0.3) is 17.0 Å². The van der Waals surface area contributed by atoms with Crippen LogP contribution in [0.5, 0.6) is 0 Å². The number of para-hydroxylation sites is 1. The van der Waals surface area contributed by atoms with E-state index in [0.29, 0.717) is 0 Å².